The van der Waals surface area contributed by atoms with Crippen molar-refractivity contribution >= 4 is 31.5 Å². The number of nitriles is 2. The first-order valence-corrected chi connectivity index (χ1v) is 25.4. The van der Waals surface area contributed by atoms with Crippen LogP contribution in [-0.4, -0.2) is 130 Å². The summed E-state index contributed by atoms with van der Waals surface area (Å²) in [6.45, 7) is -0.436. The number of alkyl halides is 6. The van der Waals surface area contributed by atoms with Crippen LogP contribution < -0.4 is 10.6 Å². The highest BCUT2D eigenvalue weighted by Gasteiger charge is 2.53. The molecule has 2 aromatic carbocycles. The first-order valence-electron chi connectivity index (χ1n) is 22.4. The fraction of sp³-hybridized carbons (Fsp3) is 0.545. The summed E-state index contributed by atoms with van der Waals surface area (Å²) in [7, 11) is -6.44. The van der Waals surface area contributed by atoms with Crippen LogP contribution in [0.5, 0.6) is 0 Å². The minimum absolute atomic E-state index is 0.0531. The van der Waals surface area contributed by atoms with Gasteiger partial charge in [0.25, 0.3) is 0 Å². The molecular weight excluding hydrogens is 1010 g/mol. The highest BCUT2D eigenvalue weighted by Crippen LogP contribution is 2.45. The molecule has 0 saturated heterocycles. The van der Waals surface area contributed by atoms with Gasteiger partial charge in [-0.05, 0) is 87.8 Å². The molecule has 2 heterocycles. The number of aliphatic hydroxyl groups excluding tert-OH is 2. The maximum atomic E-state index is 14.0. The Hall–Kier alpha value is -6.04. The Kier molecular flexibility index (Phi) is 15.3. The molecule has 8 rings (SSSR count). The van der Waals surface area contributed by atoms with Crippen molar-refractivity contribution in [3.8, 4) is 23.5 Å². The van der Waals surface area contributed by atoms with E-state index >= 15 is 0 Å². The number of nitrogens with one attached hydrogen (secondary N) is 2. The molecule has 388 valence electrons. The molecule has 4 N–H and O–H groups in total. The maximum absolute atomic E-state index is 14.0. The molecule has 72 heavy (non-hydrogen) atoms. The first kappa shape index (κ1) is 53.8. The van der Waals surface area contributed by atoms with Crippen molar-refractivity contribution in [3.05, 3.63) is 71.3 Å². The van der Waals surface area contributed by atoms with Gasteiger partial charge in [-0.25, -0.2) is 26.2 Å². The molecule has 2 aromatic heterocycles. The number of methoxy groups -OCH3 is 2. The molecule has 2 amide bonds. The highest BCUT2D eigenvalue weighted by molar-refractivity contribution is 7.92. The molecule has 6 atom stereocenters. The summed E-state index contributed by atoms with van der Waals surface area (Å²) >= 11 is 0. The van der Waals surface area contributed by atoms with Crippen LogP contribution in [0, 0.1) is 34.5 Å². The minimum atomic E-state index is -4.99. The monoisotopic (exact) mass is 1050 g/mol. The van der Waals surface area contributed by atoms with E-state index in [-0.39, 0.29) is 63.1 Å². The Morgan fingerprint density at radius 1 is 0.681 bits per heavy atom. The zero-order valence-electron chi connectivity index (χ0n) is 38.4. The minimum Gasteiger partial charge on any atom is -0.396 e. The third kappa shape index (κ3) is 11.3. The van der Waals surface area contributed by atoms with Gasteiger partial charge in [0.05, 0.1) is 103 Å². The van der Waals surface area contributed by atoms with Gasteiger partial charge in [-0.1, -0.05) is 10.4 Å². The van der Waals surface area contributed by atoms with Crippen molar-refractivity contribution in [2.24, 2.45) is 11.8 Å². The molecule has 20 nitrogen and oxygen atoms in total. The van der Waals surface area contributed by atoms with Crippen LogP contribution in [0.2, 0.25) is 0 Å². The number of ether oxygens (including phenoxy) is 2. The van der Waals surface area contributed by atoms with E-state index in [2.05, 4.69) is 31.3 Å². The number of amides is 2. The Balaban J connectivity index is 0.000000211. The SMILES string of the molecule is CO[C@@H]1C[C@H](S(=O)(=O)c2ccc(-n3cc(CCO)nn3)cc2C(F)(F)F)C[C@H]1C(=O)NC1(C#N)CC1.CO[C@H]1C[C@@H](S(=O)(=O)c2ccc(-n3cc(CCO)nn3)cc2C(F)(F)F)C[C@@H]1C(=O)NC1(C#N)CC1. The number of aliphatic hydroxyl groups is 2. The largest absolute Gasteiger partial charge is 0.417 e. The van der Waals surface area contributed by atoms with Crippen LogP contribution in [0.1, 0.15) is 73.9 Å². The van der Waals surface area contributed by atoms with Crippen LogP contribution in [0.4, 0.5) is 26.3 Å². The van der Waals surface area contributed by atoms with Crippen molar-refractivity contribution in [1.29, 1.82) is 10.5 Å². The van der Waals surface area contributed by atoms with Crippen molar-refractivity contribution in [2.45, 2.75) is 120 Å². The van der Waals surface area contributed by atoms with Gasteiger partial charge in [-0.3, -0.25) is 9.59 Å². The van der Waals surface area contributed by atoms with Crippen LogP contribution in [0.25, 0.3) is 11.4 Å². The molecule has 0 bridgehead atoms. The number of carbonyl (C=O) groups excluding carboxylic acids is 2. The second kappa shape index (κ2) is 20.5. The number of nitrogens with zero attached hydrogens (tertiary/aromatic N) is 8. The standard InChI is InChI=1S/2C22H24F3N5O5S/c2*1-35-18-10-15(9-16(18)20(32)27-21(12-26)5-6-21)36(33,34)19-3-2-14(8-17(19)22(23,24)25)30-11-13(4-7-31)28-29-30/h2*2-3,8,11,15-16,18,31H,4-7,9-10H2,1H3,(H,27,32)/t2*15-,16-,18-/m10/s1. The lowest BCUT2D eigenvalue weighted by Gasteiger charge is -2.19. The second-order valence-corrected chi connectivity index (χ2v) is 22.4. The van der Waals surface area contributed by atoms with Crippen molar-refractivity contribution in [1.82, 2.24) is 40.6 Å². The van der Waals surface area contributed by atoms with Crippen LogP contribution in [0.3, 0.4) is 0 Å². The molecule has 0 radical (unpaired) electrons. The predicted molar refractivity (Wildman–Crippen MR) is 235 cm³/mol. The molecular formula is C44H48F6N10O10S2. The van der Waals surface area contributed by atoms with Gasteiger partial charge < -0.3 is 30.3 Å². The normalized spacial score (nSPS) is 23.3. The molecule has 0 aliphatic heterocycles. The summed E-state index contributed by atoms with van der Waals surface area (Å²) in [6, 6.07) is 9.54. The highest BCUT2D eigenvalue weighted by atomic mass is 32.2. The summed E-state index contributed by atoms with van der Waals surface area (Å²) in [5.74, 6) is -2.94. The molecule has 4 aromatic rings. The lowest BCUT2D eigenvalue weighted by atomic mass is 10.0. The van der Waals surface area contributed by atoms with E-state index in [1.165, 1.54) is 38.7 Å². The number of benzene rings is 2. The van der Waals surface area contributed by atoms with E-state index in [4.69, 9.17) is 19.7 Å². The van der Waals surface area contributed by atoms with Crippen molar-refractivity contribution in [2.75, 3.05) is 27.4 Å². The number of sulfone groups is 2. The number of carbonyl (C=O) groups is 2. The number of hydrogen-bond donors (Lipinski definition) is 4. The number of halogens is 6. The Labute approximate surface area is 408 Å². The Bertz CT molecular complexity index is 2800. The van der Waals surface area contributed by atoms with E-state index in [9.17, 15) is 63.3 Å². The Morgan fingerprint density at radius 3 is 1.33 bits per heavy atom. The average molecular weight is 1060 g/mol. The molecule has 0 spiro atoms. The lowest BCUT2D eigenvalue weighted by Crippen LogP contribution is -2.42. The third-order valence-electron chi connectivity index (χ3n) is 13.2. The lowest BCUT2D eigenvalue weighted by molar-refractivity contribution is -0.140. The first-order chi connectivity index (χ1) is 33.9. The van der Waals surface area contributed by atoms with Gasteiger partial charge in [-0.2, -0.15) is 36.9 Å². The second-order valence-electron chi connectivity index (χ2n) is 18.0. The summed E-state index contributed by atoms with van der Waals surface area (Å²) in [4.78, 5) is 23.7. The van der Waals surface area contributed by atoms with E-state index in [0.717, 1.165) is 21.5 Å². The van der Waals surface area contributed by atoms with E-state index < -0.39 is 110 Å². The van der Waals surface area contributed by atoms with Crippen LogP contribution >= 0.6 is 0 Å². The fourth-order valence-electron chi connectivity index (χ4n) is 8.85. The van der Waals surface area contributed by atoms with Gasteiger partial charge in [0, 0.05) is 40.3 Å². The maximum Gasteiger partial charge on any atom is 0.417 e. The molecule has 4 saturated carbocycles. The molecule has 28 heteroatoms. The number of rotatable bonds is 16. The van der Waals surface area contributed by atoms with Gasteiger partial charge in [0.2, 0.25) is 11.8 Å². The molecule has 4 aliphatic rings. The third-order valence-corrected chi connectivity index (χ3v) is 17.7. The van der Waals surface area contributed by atoms with Gasteiger partial charge in [-0.15, -0.1) is 10.2 Å². The van der Waals surface area contributed by atoms with Gasteiger partial charge >= 0.3 is 12.4 Å². The smallest absolute Gasteiger partial charge is 0.396 e. The molecule has 0 unspecified atom stereocenters. The zero-order chi connectivity index (χ0) is 52.6. The molecule has 4 fully saturated rings. The topological polar surface area (TPSA) is 294 Å². The quantitative estimate of drug-likeness (QED) is 0.117. The van der Waals surface area contributed by atoms with Crippen molar-refractivity contribution in [3.63, 3.8) is 0 Å². The summed E-state index contributed by atoms with van der Waals surface area (Å²) in [5, 5.41) is 54.1. The Morgan fingerprint density at radius 2 is 1.04 bits per heavy atom. The van der Waals surface area contributed by atoms with E-state index in [1.54, 1.807) is 0 Å². The summed E-state index contributed by atoms with van der Waals surface area (Å²) < 4.78 is 150. The van der Waals surface area contributed by atoms with Crippen molar-refractivity contribution < 1.29 is 72.5 Å². The molecule has 4 aliphatic carbocycles. The zero-order valence-corrected chi connectivity index (χ0v) is 40.0. The predicted octanol–water partition coefficient (Wildman–Crippen LogP) is 3.12. The summed E-state index contributed by atoms with van der Waals surface area (Å²) in [5.41, 5.74) is -4.05. The number of aromatic nitrogens is 6. The summed E-state index contributed by atoms with van der Waals surface area (Å²) in [6.07, 6.45) is -7.50. The van der Waals surface area contributed by atoms with E-state index in [1.807, 2.05) is 12.1 Å². The van der Waals surface area contributed by atoms with Crippen LogP contribution in [-0.2, 0) is 63.9 Å². The van der Waals surface area contributed by atoms with Crippen LogP contribution in [0.15, 0.2) is 58.6 Å². The number of hydrogen-bond acceptors (Lipinski definition) is 16. The van der Waals surface area contributed by atoms with E-state index in [0.29, 0.717) is 49.2 Å². The average Bonchev–Trinajstić information content (AvgIpc) is 3.89. The fourth-order valence-corrected chi connectivity index (χ4v) is 12.9. The van der Waals surface area contributed by atoms with Gasteiger partial charge in [0.15, 0.2) is 19.7 Å². The van der Waals surface area contributed by atoms with Gasteiger partial charge in [0.1, 0.15) is 11.1 Å².